The Kier molecular flexibility index (Phi) is 5.63. The molecule has 0 aliphatic rings. The third kappa shape index (κ3) is 4.56. The molecule has 1 aromatic heterocycles. The van der Waals surface area contributed by atoms with Crippen LogP contribution >= 0.6 is 27.3 Å². The monoisotopic (exact) mass is 449 g/mol. The van der Waals surface area contributed by atoms with Crippen LogP contribution in [0.1, 0.15) is 10.6 Å². The van der Waals surface area contributed by atoms with Gasteiger partial charge in [0.2, 0.25) is 0 Å². The summed E-state index contributed by atoms with van der Waals surface area (Å²) in [4.78, 5) is 4.42. The molecule has 0 aliphatic carbocycles. The first-order valence-electron chi connectivity index (χ1n) is 7.63. The average Bonchev–Trinajstić information content (AvgIpc) is 3.12. The lowest BCUT2D eigenvalue weighted by Gasteiger charge is -2.12. The summed E-state index contributed by atoms with van der Waals surface area (Å²) in [5, 5.41) is 14.2. The maximum Gasteiger partial charge on any atom is 0.418 e. The first-order chi connectivity index (χ1) is 12.9. The number of allylic oxidation sites excluding steroid dienone is 1. The van der Waals surface area contributed by atoms with Gasteiger partial charge >= 0.3 is 6.18 Å². The zero-order chi connectivity index (χ0) is 19.4. The molecule has 3 aromatic rings. The molecule has 0 aliphatic heterocycles. The largest absolute Gasteiger partial charge is 0.418 e. The summed E-state index contributed by atoms with van der Waals surface area (Å²) in [7, 11) is 0. The van der Waals surface area contributed by atoms with Gasteiger partial charge in [0.1, 0.15) is 16.6 Å². The lowest BCUT2D eigenvalue weighted by molar-refractivity contribution is -0.136. The number of hydrogen-bond donors (Lipinski definition) is 1. The SMILES string of the molecule is N#CC(=CNc1ccccc1C(F)(F)F)c1nc(-c2ccc(Br)cc2)cs1. The Labute approximate surface area is 165 Å². The van der Waals surface area contributed by atoms with Gasteiger partial charge in [-0.2, -0.15) is 18.4 Å². The number of halogens is 4. The molecule has 27 heavy (non-hydrogen) atoms. The Hall–Kier alpha value is -2.63. The van der Waals surface area contributed by atoms with Gasteiger partial charge in [0, 0.05) is 21.6 Å². The van der Waals surface area contributed by atoms with E-state index in [1.807, 2.05) is 30.3 Å². The maximum absolute atomic E-state index is 13.1. The summed E-state index contributed by atoms with van der Waals surface area (Å²) in [6.45, 7) is 0. The van der Waals surface area contributed by atoms with Gasteiger partial charge in [0.25, 0.3) is 0 Å². The molecule has 0 unspecified atom stereocenters. The van der Waals surface area contributed by atoms with E-state index < -0.39 is 11.7 Å². The molecule has 2 aromatic carbocycles. The number of benzene rings is 2. The van der Waals surface area contributed by atoms with E-state index >= 15 is 0 Å². The van der Waals surface area contributed by atoms with Crippen molar-refractivity contribution in [3.05, 3.63) is 75.2 Å². The van der Waals surface area contributed by atoms with Crippen molar-refractivity contribution in [1.29, 1.82) is 5.26 Å². The number of aromatic nitrogens is 1. The number of nitriles is 1. The third-order valence-electron chi connectivity index (χ3n) is 3.60. The minimum atomic E-state index is -4.49. The number of hydrogen-bond acceptors (Lipinski definition) is 4. The minimum Gasteiger partial charge on any atom is -0.360 e. The van der Waals surface area contributed by atoms with Gasteiger partial charge in [-0.25, -0.2) is 4.98 Å². The number of nitrogens with one attached hydrogen (secondary N) is 1. The second kappa shape index (κ2) is 7.94. The average molecular weight is 450 g/mol. The summed E-state index contributed by atoms with van der Waals surface area (Å²) in [5.74, 6) is 0. The molecule has 0 atom stereocenters. The molecule has 0 spiro atoms. The van der Waals surface area contributed by atoms with Gasteiger partial charge in [0.15, 0.2) is 0 Å². The second-order valence-corrected chi connectivity index (χ2v) is 7.18. The Morgan fingerprint density at radius 3 is 2.52 bits per heavy atom. The van der Waals surface area contributed by atoms with Crippen LogP contribution in [-0.4, -0.2) is 4.98 Å². The molecule has 0 saturated carbocycles. The molecular weight excluding hydrogens is 439 g/mol. The van der Waals surface area contributed by atoms with Crippen molar-refractivity contribution in [1.82, 2.24) is 4.98 Å². The van der Waals surface area contributed by atoms with Crippen LogP contribution in [0.15, 0.2) is 64.6 Å². The van der Waals surface area contributed by atoms with Crippen molar-refractivity contribution in [2.45, 2.75) is 6.18 Å². The van der Waals surface area contributed by atoms with E-state index in [0.717, 1.165) is 16.1 Å². The highest BCUT2D eigenvalue weighted by molar-refractivity contribution is 9.10. The molecular formula is C19H11BrF3N3S. The van der Waals surface area contributed by atoms with Gasteiger partial charge in [-0.3, -0.25) is 0 Å². The van der Waals surface area contributed by atoms with Gasteiger partial charge < -0.3 is 5.32 Å². The van der Waals surface area contributed by atoms with E-state index in [9.17, 15) is 18.4 Å². The second-order valence-electron chi connectivity index (χ2n) is 5.40. The lowest BCUT2D eigenvalue weighted by Crippen LogP contribution is -2.08. The molecule has 3 rings (SSSR count). The summed E-state index contributed by atoms with van der Waals surface area (Å²) in [6, 6.07) is 14.6. The molecule has 136 valence electrons. The van der Waals surface area contributed by atoms with Crippen molar-refractivity contribution in [2.75, 3.05) is 5.32 Å². The van der Waals surface area contributed by atoms with Gasteiger partial charge in [-0.05, 0) is 24.3 Å². The first kappa shape index (κ1) is 19.1. The lowest BCUT2D eigenvalue weighted by atomic mass is 10.1. The molecule has 0 saturated heterocycles. The van der Waals surface area contributed by atoms with Crippen LogP contribution in [0.25, 0.3) is 16.8 Å². The number of rotatable bonds is 4. The molecule has 0 radical (unpaired) electrons. The highest BCUT2D eigenvalue weighted by atomic mass is 79.9. The van der Waals surface area contributed by atoms with Crippen molar-refractivity contribution >= 4 is 38.5 Å². The van der Waals surface area contributed by atoms with Crippen LogP contribution in [0.3, 0.4) is 0 Å². The topological polar surface area (TPSA) is 48.7 Å². The predicted octanol–water partition coefficient (Wildman–Crippen LogP) is 6.57. The summed E-state index contributed by atoms with van der Waals surface area (Å²) >= 11 is 4.61. The Morgan fingerprint density at radius 2 is 1.85 bits per heavy atom. The van der Waals surface area contributed by atoms with Crippen molar-refractivity contribution < 1.29 is 13.2 Å². The van der Waals surface area contributed by atoms with Gasteiger partial charge in [0.05, 0.1) is 16.9 Å². The molecule has 3 nitrogen and oxygen atoms in total. The van der Waals surface area contributed by atoms with Crippen LogP contribution in [0.4, 0.5) is 18.9 Å². The van der Waals surface area contributed by atoms with Crippen LogP contribution in [0, 0.1) is 11.3 Å². The van der Waals surface area contributed by atoms with E-state index in [1.54, 1.807) is 5.38 Å². The first-order valence-corrected chi connectivity index (χ1v) is 9.30. The summed E-state index contributed by atoms with van der Waals surface area (Å²) < 4.78 is 40.1. The molecule has 0 amide bonds. The van der Waals surface area contributed by atoms with Crippen molar-refractivity contribution in [2.24, 2.45) is 0 Å². The predicted molar refractivity (Wildman–Crippen MR) is 104 cm³/mol. The van der Waals surface area contributed by atoms with Crippen LogP contribution in [-0.2, 0) is 6.18 Å². The number of anilines is 1. The molecule has 8 heteroatoms. The smallest absolute Gasteiger partial charge is 0.360 e. The van der Waals surface area contributed by atoms with Crippen molar-refractivity contribution in [3.8, 4) is 17.3 Å². The normalized spacial score (nSPS) is 11.9. The molecule has 0 fully saturated rings. The van der Waals surface area contributed by atoms with E-state index in [1.165, 1.54) is 35.7 Å². The van der Waals surface area contributed by atoms with E-state index in [0.29, 0.717) is 10.7 Å². The zero-order valence-electron chi connectivity index (χ0n) is 13.6. The molecule has 0 bridgehead atoms. The highest BCUT2D eigenvalue weighted by Gasteiger charge is 2.33. The molecule has 1 N–H and O–H groups in total. The van der Waals surface area contributed by atoms with Gasteiger partial charge in [-0.1, -0.05) is 40.2 Å². The van der Waals surface area contributed by atoms with Crippen LogP contribution in [0.2, 0.25) is 0 Å². The molecule has 1 heterocycles. The number of alkyl halides is 3. The quantitative estimate of drug-likeness (QED) is 0.458. The van der Waals surface area contributed by atoms with Gasteiger partial charge in [-0.15, -0.1) is 11.3 Å². The fourth-order valence-corrected chi connectivity index (χ4v) is 3.36. The van der Waals surface area contributed by atoms with Crippen molar-refractivity contribution in [3.63, 3.8) is 0 Å². The fraction of sp³-hybridized carbons (Fsp3) is 0.0526. The van der Waals surface area contributed by atoms with Crippen LogP contribution in [0.5, 0.6) is 0 Å². The Morgan fingerprint density at radius 1 is 1.15 bits per heavy atom. The zero-order valence-corrected chi connectivity index (χ0v) is 16.0. The van der Waals surface area contributed by atoms with E-state index in [4.69, 9.17) is 0 Å². The standard InChI is InChI=1S/C19H11BrF3N3S/c20-14-7-5-12(6-8-14)17-11-27-18(26-17)13(9-24)10-25-16-4-2-1-3-15(16)19(21,22)23/h1-8,10-11,25H. The number of nitrogens with zero attached hydrogens (tertiary/aromatic N) is 2. The number of thiazole rings is 1. The Balaban J connectivity index is 1.87. The maximum atomic E-state index is 13.1. The summed E-state index contributed by atoms with van der Waals surface area (Å²) in [6.07, 6.45) is -3.24. The highest BCUT2D eigenvalue weighted by Crippen LogP contribution is 2.35. The number of para-hydroxylation sites is 1. The van der Waals surface area contributed by atoms with Crippen LogP contribution < -0.4 is 5.32 Å². The van der Waals surface area contributed by atoms with E-state index in [2.05, 4.69) is 26.2 Å². The fourth-order valence-electron chi connectivity index (χ4n) is 2.30. The minimum absolute atomic E-state index is 0.123. The Bertz CT molecular complexity index is 1020. The van der Waals surface area contributed by atoms with E-state index in [-0.39, 0.29) is 11.3 Å². The summed E-state index contributed by atoms with van der Waals surface area (Å²) in [5.41, 5.74) is 0.809. The third-order valence-corrected chi connectivity index (χ3v) is 5.00.